The number of nitrogens with one attached hydrogen (secondary N) is 1. The molecule has 0 saturated carbocycles. The lowest BCUT2D eigenvalue weighted by molar-refractivity contribution is 0.483. The van der Waals surface area contributed by atoms with E-state index in [0.29, 0.717) is 5.76 Å². The minimum atomic E-state index is -3.24. The van der Waals surface area contributed by atoms with E-state index < -0.39 is 10.0 Å². The molecule has 1 atom stereocenters. The maximum absolute atomic E-state index is 11.2. The molecule has 2 aromatic rings. The number of sulfonamides is 1. The first-order chi connectivity index (χ1) is 7.88. The van der Waals surface area contributed by atoms with E-state index >= 15 is 0 Å². The second-order valence-electron chi connectivity index (χ2n) is 4.20. The van der Waals surface area contributed by atoms with E-state index in [9.17, 15) is 8.42 Å². The number of para-hydroxylation sites is 1. The molecule has 92 valence electrons. The van der Waals surface area contributed by atoms with Crippen molar-refractivity contribution < 1.29 is 12.8 Å². The van der Waals surface area contributed by atoms with Crippen molar-refractivity contribution in [2.75, 3.05) is 6.26 Å². The molecule has 4 nitrogen and oxygen atoms in total. The van der Waals surface area contributed by atoms with Crippen LogP contribution in [0.3, 0.4) is 0 Å². The van der Waals surface area contributed by atoms with Crippen LogP contribution < -0.4 is 4.72 Å². The molecule has 0 unspecified atom stereocenters. The highest BCUT2D eigenvalue weighted by atomic mass is 32.2. The van der Waals surface area contributed by atoms with E-state index in [1.54, 1.807) is 6.92 Å². The first-order valence-electron chi connectivity index (χ1n) is 5.34. The molecule has 17 heavy (non-hydrogen) atoms. The van der Waals surface area contributed by atoms with Crippen LogP contribution in [0.25, 0.3) is 11.0 Å². The van der Waals surface area contributed by atoms with Gasteiger partial charge in [-0.25, -0.2) is 13.1 Å². The minimum Gasteiger partial charge on any atom is -0.459 e. The Morgan fingerprint density at radius 2 is 1.94 bits per heavy atom. The molecule has 0 radical (unpaired) electrons. The normalized spacial score (nSPS) is 14.1. The third-order valence-electron chi connectivity index (χ3n) is 2.66. The Bertz CT molecular complexity index is 643. The largest absolute Gasteiger partial charge is 0.459 e. The van der Waals surface area contributed by atoms with Gasteiger partial charge in [0.1, 0.15) is 11.3 Å². The van der Waals surface area contributed by atoms with Gasteiger partial charge in [-0.1, -0.05) is 18.2 Å². The predicted octanol–water partition coefficient (Wildman–Crippen LogP) is 2.35. The molecule has 0 aliphatic heterocycles. The Morgan fingerprint density at radius 1 is 1.29 bits per heavy atom. The second kappa shape index (κ2) is 4.16. The first-order valence-corrected chi connectivity index (χ1v) is 7.23. The van der Waals surface area contributed by atoms with E-state index in [4.69, 9.17) is 4.42 Å². The third-order valence-corrected chi connectivity index (χ3v) is 3.45. The molecule has 1 aromatic carbocycles. The number of benzene rings is 1. The number of hydrogen-bond acceptors (Lipinski definition) is 3. The van der Waals surface area contributed by atoms with Crippen LogP contribution in [-0.2, 0) is 10.0 Å². The zero-order chi connectivity index (χ0) is 12.6. The highest BCUT2D eigenvalue weighted by Gasteiger charge is 2.18. The minimum absolute atomic E-state index is 0.364. The SMILES string of the molecule is Cc1c([C@H](C)NS(C)(=O)=O)oc2ccccc12. The van der Waals surface area contributed by atoms with Crippen molar-refractivity contribution in [2.45, 2.75) is 19.9 Å². The Labute approximate surface area is 101 Å². The van der Waals surface area contributed by atoms with Gasteiger partial charge >= 0.3 is 0 Å². The fourth-order valence-corrected chi connectivity index (χ4v) is 2.73. The van der Waals surface area contributed by atoms with E-state index in [2.05, 4.69) is 4.72 Å². The highest BCUT2D eigenvalue weighted by molar-refractivity contribution is 7.88. The smallest absolute Gasteiger partial charge is 0.209 e. The van der Waals surface area contributed by atoms with E-state index in [-0.39, 0.29) is 6.04 Å². The standard InChI is InChI=1S/C12H15NO3S/c1-8-10-6-4-5-7-11(10)16-12(8)9(2)13-17(3,14)15/h4-7,9,13H,1-3H3/t9-/m0/s1. The molecule has 1 aromatic heterocycles. The van der Waals surface area contributed by atoms with Crippen LogP contribution in [0.2, 0.25) is 0 Å². The number of hydrogen-bond donors (Lipinski definition) is 1. The van der Waals surface area contributed by atoms with Crippen molar-refractivity contribution in [3.8, 4) is 0 Å². The van der Waals surface area contributed by atoms with Crippen LogP contribution >= 0.6 is 0 Å². The molecule has 0 amide bonds. The van der Waals surface area contributed by atoms with Crippen molar-refractivity contribution in [1.29, 1.82) is 0 Å². The topological polar surface area (TPSA) is 59.3 Å². The second-order valence-corrected chi connectivity index (χ2v) is 5.98. The van der Waals surface area contributed by atoms with E-state index in [1.165, 1.54) is 0 Å². The molecule has 0 bridgehead atoms. The van der Waals surface area contributed by atoms with Crippen molar-refractivity contribution in [3.63, 3.8) is 0 Å². The van der Waals surface area contributed by atoms with Gasteiger partial charge in [0.25, 0.3) is 0 Å². The molecule has 0 saturated heterocycles. The lowest BCUT2D eigenvalue weighted by Gasteiger charge is -2.10. The lowest BCUT2D eigenvalue weighted by Crippen LogP contribution is -2.25. The van der Waals surface area contributed by atoms with Crippen molar-refractivity contribution in [3.05, 3.63) is 35.6 Å². The molecule has 0 spiro atoms. The van der Waals surface area contributed by atoms with Crippen LogP contribution in [0.1, 0.15) is 24.3 Å². The predicted molar refractivity (Wildman–Crippen MR) is 67.3 cm³/mol. The summed E-state index contributed by atoms with van der Waals surface area (Å²) in [5.74, 6) is 0.664. The van der Waals surface area contributed by atoms with Crippen molar-refractivity contribution >= 4 is 21.0 Å². The van der Waals surface area contributed by atoms with Crippen LogP contribution in [0.5, 0.6) is 0 Å². The van der Waals surface area contributed by atoms with Gasteiger partial charge in [0, 0.05) is 10.9 Å². The summed E-state index contributed by atoms with van der Waals surface area (Å²) < 4.78 is 30.6. The first kappa shape index (κ1) is 12.1. The molecule has 0 fully saturated rings. The Kier molecular flexibility index (Phi) is 2.97. The van der Waals surface area contributed by atoms with Crippen molar-refractivity contribution in [1.82, 2.24) is 4.72 Å². The Morgan fingerprint density at radius 3 is 2.53 bits per heavy atom. The molecular weight excluding hydrogens is 238 g/mol. The van der Waals surface area contributed by atoms with Crippen LogP contribution in [-0.4, -0.2) is 14.7 Å². The van der Waals surface area contributed by atoms with Gasteiger partial charge in [0.15, 0.2) is 0 Å². The number of rotatable bonds is 3. The monoisotopic (exact) mass is 253 g/mol. The summed E-state index contributed by atoms with van der Waals surface area (Å²) in [6.45, 7) is 3.70. The molecule has 0 aliphatic carbocycles. The molecule has 1 heterocycles. The lowest BCUT2D eigenvalue weighted by atomic mass is 10.1. The Balaban J connectivity index is 2.45. The highest BCUT2D eigenvalue weighted by Crippen LogP contribution is 2.29. The summed E-state index contributed by atoms with van der Waals surface area (Å²) in [6, 6.07) is 7.30. The summed E-state index contributed by atoms with van der Waals surface area (Å²) in [4.78, 5) is 0. The molecule has 5 heteroatoms. The van der Waals surface area contributed by atoms with E-state index in [0.717, 1.165) is 22.8 Å². The average molecular weight is 253 g/mol. The van der Waals surface area contributed by atoms with Gasteiger partial charge in [-0.3, -0.25) is 0 Å². The summed E-state index contributed by atoms with van der Waals surface area (Å²) in [5.41, 5.74) is 1.76. The number of fused-ring (bicyclic) bond motifs is 1. The summed E-state index contributed by atoms with van der Waals surface area (Å²) in [6.07, 6.45) is 1.14. The molecule has 0 aliphatic rings. The van der Waals surface area contributed by atoms with Gasteiger partial charge in [0.05, 0.1) is 12.3 Å². The average Bonchev–Trinajstić information content (AvgIpc) is 2.55. The third kappa shape index (κ3) is 2.50. The maximum Gasteiger partial charge on any atom is 0.209 e. The quantitative estimate of drug-likeness (QED) is 0.913. The van der Waals surface area contributed by atoms with Crippen LogP contribution in [0.4, 0.5) is 0 Å². The zero-order valence-corrected chi connectivity index (χ0v) is 10.8. The molecule has 2 rings (SSSR count). The summed E-state index contributed by atoms with van der Waals surface area (Å²) >= 11 is 0. The van der Waals surface area contributed by atoms with Gasteiger partial charge in [-0.15, -0.1) is 0 Å². The zero-order valence-electron chi connectivity index (χ0n) is 10.0. The fraction of sp³-hybridized carbons (Fsp3) is 0.333. The summed E-state index contributed by atoms with van der Waals surface area (Å²) in [5, 5.41) is 1.02. The van der Waals surface area contributed by atoms with Gasteiger partial charge in [-0.05, 0) is 19.9 Å². The maximum atomic E-state index is 11.2. The van der Waals surface area contributed by atoms with Crippen LogP contribution in [0, 0.1) is 6.92 Å². The van der Waals surface area contributed by atoms with Gasteiger partial charge in [-0.2, -0.15) is 0 Å². The fourth-order valence-electron chi connectivity index (χ4n) is 1.98. The number of furan rings is 1. The van der Waals surface area contributed by atoms with Gasteiger partial charge in [0.2, 0.25) is 10.0 Å². The molecule has 1 N–H and O–H groups in total. The van der Waals surface area contributed by atoms with Crippen molar-refractivity contribution in [2.24, 2.45) is 0 Å². The molecular formula is C12H15NO3S. The van der Waals surface area contributed by atoms with E-state index in [1.807, 2.05) is 31.2 Å². The van der Waals surface area contributed by atoms with Gasteiger partial charge < -0.3 is 4.42 Å². The Hall–Kier alpha value is -1.33. The number of aryl methyl sites for hydroxylation is 1. The summed E-state index contributed by atoms with van der Waals surface area (Å²) in [7, 11) is -3.24. The van der Waals surface area contributed by atoms with Crippen LogP contribution in [0.15, 0.2) is 28.7 Å².